The van der Waals surface area contributed by atoms with Gasteiger partial charge in [0.25, 0.3) is 0 Å². The van der Waals surface area contributed by atoms with E-state index in [0.717, 1.165) is 6.07 Å². The fraction of sp³-hybridized carbons (Fsp3) is 0.0909. The van der Waals surface area contributed by atoms with Gasteiger partial charge in [0.05, 0.1) is 10.0 Å². The predicted octanol–water partition coefficient (Wildman–Crippen LogP) is 3.53. The van der Waals surface area contributed by atoms with Crippen LogP contribution >= 0.6 is 15.9 Å². The second-order valence-electron chi connectivity index (χ2n) is 3.73. The van der Waals surface area contributed by atoms with Gasteiger partial charge in [-0.1, -0.05) is 5.16 Å². The number of halogens is 4. The van der Waals surface area contributed by atoms with Crippen LogP contribution in [-0.4, -0.2) is 21.3 Å². The Kier molecular flexibility index (Phi) is 3.46. The summed E-state index contributed by atoms with van der Waals surface area (Å²) in [6, 6.07) is 2.82. The van der Waals surface area contributed by atoms with Gasteiger partial charge in [0.1, 0.15) is 11.4 Å². The van der Waals surface area contributed by atoms with Crippen LogP contribution < -0.4 is 0 Å². The fourth-order valence-corrected chi connectivity index (χ4v) is 1.94. The van der Waals surface area contributed by atoms with Crippen molar-refractivity contribution in [1.82, 2.24) is 5.16 Å². The molecule has 0 spiro atoms. The Bertz CT molecular complexity index is 681. The first-order valence-corrected chi connectivity index (χ1v) is 5.79. The first-order chi connectivity index (χ1) is 9.20. The number of carboxylic acids is 1. The van der Waals surface area contributed by atoms with E-state index in [4.69, 9.17) is 5.11 Å². The molecule has 0 aliphatic heterocycles. The second-order valence-corrected chi connectivity index (χ2v) is 4.59. The Morgan fingerprint density at radius 3 is 2.45 bits per heavy atom. The SMILES string of the molecule is O=C(O)c1cc(-c2cc(Br)c(O)c(C(F)(F)F)c2)no1. The maximum Gasteiger partial charge on any atom is 0.420 e. The quantitative estimate of drug-likeness (QED) is 0.864. The van der Waals surface area contributed by atoms with Crippen LogP contribution in [0.2, 0.25) is 0 Å². The molecular weight excluding hydrogens is 347 g/mol. The molecule has 2 rings (SSSR count). The van der Waals surface area contributed by atoms with Gasteiger partial charge in [-0.05, 0) is 28.1 Å². The maximum atomic E-state index is 12.7. The zero-order valence-electron chi connectivity index (χ0n) is 9.40. The van der Waals surface area contributed by atoms with Crippen molar-refractivity contribution in [3.63, 3.8) is 0 Å². The molecule has 2 aromatic rings. The molecule has 0 aliphatic carbocycles. The Morgan fingerprint density at radius 1 is 1.30 bits per heavy atom. The number of alkyl halides is 3. The van der Waals surface area contributed by atoms with Gasteiger partial charge in [0.15, 0.2) is 0 Å². The van der Waals surface area contributed by atoms with Crippen molar-refractivity contribution in [1.29, 1.82) is 0 Å². The molecule has 0 aliphatic rings. The molecule has 2 N–H and O–H groups in total. The van der Waals surface area contributed by atoms with Crippen LogP contribution in [0.4, 0.5) is 13.2 Å². The van der Waals surface area contributed by atoms with Crippen molar-refractivity contribution in [2.75, 3.05) is 0 Å². The summed E-state index contributed by atoms with van der Waals surface area (Å²) in [5.74, 6) is -2.85. The van der Waals surface area contributed by atoms with Gasteiger partial charge in [-0.15, -0.1) is 0 Å². The number of carboxylic acid groups (broad SMARTS) is 1. The molecule has 0 bridgehead atoms. The number of rotatable bonds is 2. The molecule has 1 aromatic carbocycles. The summed E-state index contributed by atoms with van der Waals surface area (Å²) in [4.78, 5) is 10.6. The first-order valence-electron chi connectivity index (χ1n) is 5.00. The highest BCUT2D eigenvalue weighted by atomic mass is 79.9. The molecular formula is C11H5BrF3NO4. The number of phenols is 1. The molecule has 0 fully saturated rings. The van der Waals surface area contributed by atoms with Gasteiger partial charge in [-0.3, -0.25) is 0 Å². The third kappa shape index (κ3) is 2.62. The first kappa shape index (κ1) is 14.4. The third-order valence-electron chi connectivity index (χ3n) is 2.39. The summed E-state index contributed by atoms with van der Waals surface area (Å²) in [7, 11) is 0. The summed E-state index contributed by atoms with van der Waals surface area (Å²) in [6.07, 6.45) is -4.76. The van der Waals surface area contributed by atoms with Crippen molar-refractivity contribution >= 4 is 21.9 Å². The van der Waals surface area contributed by atoms with Crippen LogP contribution in [0.5, 0.6) is 5.75 Å². The minimum atomic E-state index is -4.76. The lowest BCUT2D eigenvalue weighted by Crippen LogP contribution is -2.05. The van der Waals surface area contributed by atoms with Crippen LogP contribution in [0.25, 0.3) is 11.3 Å². The predicted molar refractivity (Wildman–Crippen MR) is 63.3 cm³/mol. The number of hydrogen-bond acceptors (Lipinski definition) is 4. The summed E-state index contributed by atoms with van der Waals surface area (Å²) in [6.45, 7) is 0. The number of phenolic OH excluding ortho intramolecular Hbond substituents is 1. The summed E-state index contributed by atoms with van der Waals surface area (Å²) < 4.78 is 42.5. The average molecular weight is 352 g/mol. The molecule has 0 atom stereocenters. The smallest absolute Gasteiger partial charge is 0.420 e. The Morgan fingerprint density at radius 2 is 1.95 bits per heavy atom. The number of benzene rings is 1. The van der Waals surface area contributed by atoms with E-state index in [1.165, 1.54) is 6.07 Å². The van der Waals surface area contributed by atoms with Crippen molar-refractivity contribution in [2.45, 2.75) is 6.18 Å². The lowest BCUT2D eigenvalue weighted by atomic mass is 10.1. The molecule has 1 heterocycles. The fourth-order valence-electron chi connectivity index (χ4n) is 1.48. The van der Waals surface area contributed by atoms with Gasteiger partial charge in [-0.2, -0.15) is 13.2 Å². The molecule has 5 nitrogen and oxygen atoms in total. The molecule has 0 amide bonds. The number of nitrogens with zero attached hydrogens (tertiary/aromatic N) is 1. The standard InChI is InChI=1S/C11H5BrF3NO4/c12-6-2-4(1-5(9(6)17)11(13,14)15)7-3-8(10(18)19)20-16-7/h1-3,17H,(H,18,19). The van der Waals surface area contributed by atoms with Gasteiger partial charge in [0, 0.05) is 11.6 Å². The Labute approximate surface area is 117 Å². The number of hydrogen-bond donors (Lipinski definition) is 2. The van der Waals surface area contributed by atoms with Gasteiger partial charge in [0.2, 0.25) is 5.76 Å². The highest BCUT2D eigenvalue weighted by molar-refractivity contribution is 9.10. The lowest BCUT2D eigenvalue weighted by molar-refractivity contribution is -0.138. The minimum Gasteiger partial charge on any atom is -0.506 e. The van der Waals surface area contributed by atoms with Crippen molar-refractivity contribution < 1.29 is 32.7 Å². The molecule has 0 unspecified atom stereocenters. The van der Waals surface area contributed by atoms with E-state index < -0.39 is 29.2 Å². The van der Waals surface area contributed by atoms with E-state index in [-0.39, 0.29) is 15.7 Å². The molecule has 9 heteroatoms. The van der Waals surface area contributed by atoms with Crippen LogP contribution in [0.15, 0.2) is 27.2 Å². The average Bonchev–Trinajstić information content (AvgIpc) is 2.80. The molecule has 20 heavy (non-hydrogen) atoms. The zero-order chi connectivity index (χ0) is 15.1. The molecule has 0 radical (unpaired) electrons. The summed E-state index contributed by atoms with van der Waals surface area (Å²) in [5.41, 5.74) is -1.39. The van der Waals surface area contributed by atoms with E-state index in [1.54, 1.807) is 0 Å². The Hall–Kier alpha value is -2.03. The molecule has 106 valence electrons. The minimum absolute atomic E-state index is 0.0433. The highest BCUT2D eigenvalue weighted by Gasteiger charge is 2.35. The molecule has 0 saturated carbocycles. The summed E-state index contributed by atoms with van der Waals surface area (Å²) >= 11 is 2.80. The molecule has 0 saturated heterocycles. The van der Waals surface area contributed by atoms with E-state index in [0.29, 0.717) is 6.07 Å². The van der Waals surface area contributed by atoms with E-state index in [9.17, 15) is 23.1 Å². The van der Waals surface area contributed by atoms with Crippen molar-refractivity contribution in [3.8, 4) is 17.0 Å². The number of aromatic hydroxyl groups is 1. The van der Waals surface area contributed by atoms with Gasteiger partial charge in [-0.25, -0.2) is 4.79 Å². The van der Waals surface area contributed by atoms with E-state index in [1.807, 2.05) is 0 Å². The van der Waals surface area contributed by atoms with Crippen LogP contribution in [0, 0.1) is 0 Å². The van der Waals surface area contributed by atoms with E-state index in [2.05, 4.69) is 25.6 Å². The molecule has 1 aromatic heterocycles. The van der Waals surface area contributed by atoms with Crippen LogP contribution in [0.1, 0.15) is 16.1 Å². The summed E-state index contributed by atoms with van der Waals surface area (Å²) in [5, 5.41) is 21.4. The second kappa shape index (κ2) is 4.82. The highest BCUT2D eigenvalue weighted by Crippen LogP contribution is 2.42. The zero-order valence-corrected chi connectivity index (χ0v) is 11.0. The van der Waals surface area contributed by atoms with Crippen molar-refractivity contribution in [2.24, 2.45) is 0 Å². The topological polar surface area (TPSA) is 83.6 Å². The monoisotopic (exact) mass is 351 g/mol. The Balaban J connectivity index is 2.57. The number of carbonyl (C=O) groups is 1. The number of aromatic carboxylic acids is 1. The lowest BCUT2D eigenvalue weighted by Gasteiger charge is -2.11. The van der Waals surface area contributed by atoms with Crippen LogP contribution in [0.3, 0.4) is 0 Å². The third-order valence-corrected chi connectivity index (χ3v) is 2.99. The number of aromatic nitrogens is 1. The van der Waals surface area contributed by atoms with Gasteiger partial charge >= 0.3 is 12.1 Å². The maximum absolute atomic E-state index is 12.7. The largest absolute Gasteiger partial charge is 0.506 e. The normalized spacial score (nSPS) is 11.6. The van der Waals surface area contributed by atoms with Gasteiger partial charge < -0.3 is 14.7 Å². The van der Waals surface area contributed by atoms with Crippen molar-refractivity contribution in [3.05, 3.63) is 34.0 Å². The van der Waals surface area contributed by atoms with Crippen LogP contribution in [-0.2, 0) is 6.18 Å². The van der Waals surface area contributed by atoms with E-state index >= 15 is 0 Å².